The Kier molecular flexibility index (Phi) is 6.61. The Bertz CT molecular complexity index is 1100. The molecular weight excluding hydrogens is 386 g/mol. The summed E-state index contributed by atoms with van der Waals surface area (Å²) in [6.45, 7) is 5.53. The van der Waals surface area contributed by atoms with E-state index in [2.05, 4.69) is 20.4 Å². The van der Waals surface area contributed by atoms with Crippen molar-refractivity contribution in [1.29, 1.82) is 0 Å². The number of benzene rings is 1. The zero-order valence-electron chi connectivity index (χ0n) is 17.2. The van der Waals surface area contributed by atoms with E-state index in [4.69, 9.17) is 4.74 Å². The van der Waals surface area contributed by atoms with Crippen LogP contribution in [0.2, 0.25) is 0 Å². The number of para-hydroxylation sites is 1. The van der Waals surface area contributed by atoms with Crippen molar-refractivity contribution in [3.05, 3.63) is 52.7 Å². The summed E-state index contributed by atoms with van der Waals surface area (Å²) >= 11 is 0. The summed E-state index contributed by atoms with van der Waals surface area (Å²) < 4.78 is 6.94. The lowest BCUT2D eigenvalue weighted by molar-refractivity contribution is -0.153. The summed E-state index contributed by atoms with van der Waals surface area (Å²) in [7, 11) is 0. The van der Waals surface area contributed by atoms with Crippen LogP contribution in [0.4, 0.5) is 5.82 Å². The Hall–Kier alpha value is -3.49. The van der Waals surface area contributed by atoms with Crippen molar-refractivity contribution in [2.75, 3.05) is 5.32 Å². The van der Waals surface area contributed by atoms with Gasteiger partial charge in [0.2, 0.25) is 0 Å². The molecule has 2 N–H and O–H groups in total. The van der Waals surface area contributed by atoms with Crippen molar-refractivity contribution in [1.82, 2.24) is 19.7 Å². The Labute approximate surface area is 173 Å². The summed E-state index contributed by atoms with van der Waals surface area (Å²) in [6.07, 6.45) is 1.69. The van der Waals surface area contributed by atoms with Crippen LogP contribution in [0.15, 0.2) is 41.3 Å². The molecule has 2 heterocycles. The quantitative estimate of drug-likeness (QED) is 0.550. The molecule has 30 heavy (non-hydrogen) atoms. The van der Waals surface area contributed by atoms with Gasteiger partial charge in [-0.15, -0.1) is 0 Å². The number of carbonyl (C=O) groups excluding carboxylic acids is 2. The van der Waals surface area contributed by atoms with Crippen LogP contribution in [0.5, 0.6) is 0 Å². The second kappa shape index (κ2) is 9.34. The van der Waals surface area contributed by atoms with Gasteiger partial charge >= 0.3 is 5.97 Å². The molecule has 0 saturated carbocycles. The minimum absolute atomic E-state index is 0.0102. The number of ether oxygens (including phenoxy) is 1. The third-order valence-corrected chi connectivity index (χ3v) is 4.84. The first-order valence-electron chi connectivity index (χ1n) is 9.90. The molecule has 2 atom stereocenters. The van der Waals surface area contributed by atoms with Gasteiger partial charge in [0.05, 0.1) is 29.6 Å². The van der Waals surface area contributed by atoms with E-state index in [1.165, 1.54) is 6.92 Å². The highest BCUT2D eigenvalue weighted by molar-refractivity contribution is 5.94. The Morgan fingerprint density at radius 2 is 2.00 bits per heavy atom. The van der Waals surface area contributed by atoms with Gasteiger partial charge in [0.25, 0.3) is 11.5 Å². The minimum atomic E-state index is -0.971. The van der Waals surface area contributed by atoms with E-state index in [0.717, 1.165) is 6.42 Å². The average molecular weight is 411 g/mol. The molecule has 2 aromatic heterocycles. The molecule has 9 heteroatoms. The Morgan fingerprint density at radius 3 is 2.77 bits per heavy atom. The molecule has 0 saturated heterocycles. The van der Waals surface area contributed by atoms with Gasteiger partial charge in [-0.2, -0.15) is 5.10 Å². The number of H-pyrrole nitrogens is 1. The van der Waals surface area contributed by atoms with E-state index in [0.29, 0.717) is 22.5 Å². The van der Waals surface area contributed by atoms with Gasteiger partial charge in [-0.05, 0) is 32.4 Å². The van der Waals surface area contributed by atoms with Crippen LogP contribution in [0.1, 0.15) is 45.5 Å². The standard InChI is InChI=1S/C21H25N5O4/c1-4-13(2)26-18(11-12-22-26)25-20(28)14(3)30-19(27)10-9-17-23-16-8-6-5-7-15(16)21(29)24-17/h5-8,11-14H,4,9-10H2,1-3H3,(H,25,28)(H,23,24,29)/t13-,14-/m1/s1. The Morgan fingerprint density at radius 1 is 1.23 bits per heavy atom. The molecule has 0 fully saturated rings. The number of rotatable bonds is 8. The lowest BCUT2D eigenvalue weighted by Crippen LogP contribution is -2.31. The number of esters is 1. The molecule has 1 amide bonds. The predicted molar refractivity (Wildman–Crippen MR) is 112 cm³/mol. The third-order valence-electron chi connectivity index (χ3n) is 4.84. The maximum absolute atomic E-state index is 12.4. The minimum Gasteiger partial charge on any atom is -0.453 e. The lowest BCUT2D eigenvalue weighted by Gasteiger charge is -2.17. The molecule has 9 nitrogen and oxygen atoms in total. The van der Waals surface area contributed by atoms with Crippen molar-refractivity contribution in [2.45, 2.75) is 52.2 Å². The maximum Gasteiger partial charge on any atom is 0.307 e. The predicted octanol–water partition coefficient (Wildman–Crippen LogP) is 2.59. The second-order valence-corrected chi connectivity index (χ2v) is 7.07. The monoisotopic (exact) mass is 411 g/mol. The van der Waals surface area contributed by atoms with Crippen LogP contribution in [-0.4, -0.2) is 37.7 Å². The Balaban J connectivity index is 1.55. The highest BCUT2D eigenvalue weighted by atomic mass is 16.5. The molecule has 0 radical (unpaired) electrons. The number of nitrogens with one attached hydrogen (secondary N) is 2. The number of aryl methyl sites for hydroxylation is 1. The summed E-state index contributed by atoms with van der Waals surface area (Å²) in [4.78, 5) is 43.7. The SMILES string of the molecule is CC[C@@H](C)n1nccc1NC(=O)[C@@H](C)OC(=O)CCc1nc2ccccc2c(=O)[nH]1. The van der Waals surface area contributed by atoms with Gasteiger partial charge in [-0.25, -0.2) is 9.67 Å². The fourth-order valence-corrected chi connectivity index (χ4v) is 2.95. The van der Waals surface area contributed by atoms with Crippen LogP contribution in [0.3, 0.4) is 0 Å². The van der Waals surface area contributed by atoms with Crippen molar-refractivity contribution >= 4 is 28.6 Å². The number of nitrogens with zero attached hydrogens (tertiary/aromatic N) is 3. The van der Waals surface area contributed by atoms with Gasteiger partial charge in [-0.1, -0.05) is 19.1 Å². The number of amides is 1. The van der Waals surface area contributed by atoms with Crippen LogP contribution in [0, 0.1) is 0 Å². The van der Waals surface area contributed by atoms with Crippen molar-refractivity contribution < 1.29 is 14.3 Å². The fraction of sp³-hybridized carbons (Fsp3) is 0.381. The summed E-state index contributed by atoms with van der Waals surface area (Å²) in [5, 5.41) is 7.44. The highest BCUT2D eigenvalue weighted by Gasteiger charge is 2.20. The second-order valence-electron chi connectivity index (χ2n) is 7.07. The fourth-order valence-electron chi connectivity index (χ4n) is 2.95. The normalized spacial score (nSPS) is 13.0. The first-order valence-corrected chi connectivity index (χ1v) is 9.90. The van der Waals surface area contributed by atoms with Gasteiger partial charge in [0.15, 0.2) is 6.10 Å². The van der Waals surface area contributed by atoms with Gasteiger partial charge in [-0.3, -0.25) is 14.4 Å². The number of fused-ring (bicyclic) bond motifs is 1. The van der Waals surface area contributed by atoms with Gasteiger partial charge < -0.3 is 15.0 Å². The number of carbonyl (C=O) groups is 2. The first-order chi connectivity index (χ1) is 14.4. The molecule has 1 aromatic carbocycles. The molecule has 0 aliphatic rings. The average Bonchev–Trinajstić information content (AvgIpc) is 3.19. The van der Waals surface area contributed by atoms with E-state index < -0.39 is 18.0 Å². The zero-order valence-corrected chi connectivity index (χ0v) is 17.2. The topological polar surface area (TPSA) is 119 Å². The molecule has 158 valence electrons. The molecule has 3 aromatic rings. The maximum atomic E-state index is 12.4. The molecule has 3 rings (SSSR count). The van der Waals surface area contributed by atoms with Crippen LogP contribution in [0.25, 0.3) is 10.9 Å². The summed E-state index contributed by atoms with van der Waals surface area (Å²) in [5.41, 5.74) is 0.310. The third kappa shape index (κ3) is 4.91. The summed E-state index contributed by atoms with van der Waals surface area (Å²) in [6, 6.07) is 8.80. The van der Waals surface area contributed by atoms with Crippen LogP contribution < -0.4 is 10.9 Å². The van der Waals surface area contributed by atoms with E-state index >= 15 is 0 Å². The molecule has 0 aliphatic carbocycles. The van der Waals surface area contributed by atoms with Crippen LogP contribution in [-0.2, 0) is 20.7 Å². The van der Waals surface area contributed by atoms with Gasteiger partial charge in [0.1, 0.15) is 11.6 Å². The first kappa shape index (κ1) is 21.2. The zero-order chi connectivity index (χ0) is 21.7. The number of aromatic amines is 1. The smallest absolute Gasteiger partial charge is 0.307 e. The van der Waals surface area contributed by atoms with E-state index in [-0.39, 0.29) is 24.4 Å². The van der Waals surface area contributed by atoms with E-state index in [1.807, 2.05) is 13.8 Å². The van der Waals surface area contributed by atoms with Crippen LogP contribution >= 0.6 is 0 Å². The highest BCUT2D eigenvalue weighted by Crippen LogP contribution is 2.17. The lowest BCUT2D eigenvalue weighted by atomic mass is 10.2. The molecule has 0 aliphatic heterocycles. The van der Waals surface area contributed by atoms with E-state index in [1.54, 1.807) is 41.2 Å². The molecule has 0 spiro atoms. The number of anilines is 1. The summed E-state index contributed by atoms with van der Waals surface area (Å²) in [5.74, 6) is -0.0464. The molecule has 0 bridgehead atoms. The number of aromatic nitrogens is 4. The molecule has 0 unspecified atom stereocenters. The van der Waals surface area contributed by atoms with Crippen molar-refractivity contribution in [2.24, 2.45) is 0 Å². The largest absolute Gasteiger partial charge is 0.453 e. The number of hydrogen-bond acceptors (Lipinski definition) is 6. The van der Waals surface area contributed by atoms with Crippen molar-refractivity contribution in [3.8, 4) is 0 Å². The van der Waals surface area contributed by atoms with E-state index in [9.17, 15) is 14.4 Å². The van der Waals surface area contributed by atoms with Crippen molar-refractivity contribution in [3.63, 3.8) is 0 Å². The molecular formula is C21H25N5O4. The van der Waals surface area contributed by atoms with Gasteiger partial charge in [0, 0.05) is 12.5 Å². The number of hydrogen-bond donors (Lipinski definition) is 2.